The van der Waals surface area contributed by atoms with E-state index in [2.05, 4.69) is 4.98 Å². The van der Waals surface area contributed by atoms with Crippen molar-refractivity contribution in [2.45, 2.75) is 6.42 Å². The zero-order valence-electron chi connectivity index (χ0n) is 7.90. The normalized spacial score (nSPS) is 10.6. The summed E-state index contributed by atoms with van der Waals surface area (Å²) in [6.07, 6.45) is 0.820. The van der Waals surface area contributed by atoms with Crippen molar-refractivity contribution in [3.63, 3.8) is 0 Å². The molecule has 0 saturated heterocycles. The van der Waals surface area contributed by atoms with Crippen LogP contribution in [-0.2, 0) is 6.42 Å². The fraction of sp³-hybridized carbons (Fsp3) is 0.182. The number of nitrogens with two attached hydrogens (primary N) is 1. The molecule has 1 aromatic heterocycles. The van der Waals surface area contributed by atoms with Crippen molar-refractivity contribution < 1.29 is 0 Å². The van der Waals surface area contributed by atoms with Gasteiger partial charge in [0.2, 0.25) is 0 Å². The summed E-state index contributed by atoms with van der Waals surface area (Å²) in [4.78, 5) is 4.47. The lowest BCUT2D eigenvalue weighted by Crippen LogP contribution is -2.05. The lowest BCUT2D eigenvalue weighted by atomic mass is 9.95. The summed E-state index contributed by atoms with van der Waals surface area (Å²) >= 11 is 0. The Labute approximate surface area is 84.6 Å². The number of nitrogens with zero attached hydrogens (tertiary/aromatic N) is 1. The Morgan fingerprint density at radius 3 is 2.86 bits per heavy atom. The fourth-order valence-electron chi connectivity index (χ4n) is 1.47. The fourth-order valence-corrected chi connectivity index (χ4v) is 1.47. The molecule has 0 aliphatic carbocycles. The van der Waals surface area contributed by atoms with Gasteiger partial charge < -0.3 is 5.73 Å². The highest BCUT2D eigenvalue weighted by Gasteiger charge is 1.97. The van der Waals surface area contributed by atoms with Gasteiger partial charge in [-0.25, -0.2) is 0 Å². The van der Waals surface area contributed by atoms with Gasteiger partial charge in [0.25, 0.3) is 0 Å². The number of benzene rings is 1. The van der Waals surface area contributed by atoms with E-state index in [0.29, 0.717) is 6.54 Å². The molecule has 14 heavy (non-hydrogen) atoms. The number of pyridine rings is 1. The summed E-state index contributed by atoms with van der Waals surface area (Å²) < 4.78 is 0. The quantitative estimate of drug-likeness (QED) is 0.688. The molecule has 0 aliphatic heterocycles. The molecular weight excluding hydrogens is 171 g/mol. The van der Waals surface area contributed by atoms with E-state index in [1.807, 2.05) is 30.3 Å². The standard InChI is InChI=1S/C11H11BN2/c12-9-2-4-11-8(7-9)1-3-10(14-11)5-6-13/h1-4,7H,5-6,13H2. The highest BCUT2D eigenvalue weighted by molar-refractivity contribution is 6.33. The predicted molar refractivity (Wildman–Crippen MR) is 59.9 cm³/mol. The topological polar surface area (TPSA) is 38.9 Å². The van der Waals surface area contributed by atoms with Crippen LogP contribution < -0.4 is 11.2 Å². The Balaban J connectivity index is 2.50. The summed E-state index contributed by atoms with van der Waals surface area (Å²) in [6.45, 7) is 0.632. The van der Waals surface area contributed by atoms with E-state index in [1.54, 1.807) is 0 Å². The van der Waals surface area contributed by atoms with Crippen LogP contribution in [0, 0.1) is 0 Å². The van der Waals surface area contributed by atoms with E-state index in [9.17, 15) is 0 Å². The molecule has 0 aliphatic rings. The van der Waals surface area contributed by atoms with Gasteiger partial charge in [-0.15, -0.1) is 0 Å². The van der Waals surface area contributed by atoms with Crippen molar-refractivity contribution in [2.75, 3.05) is 6.54 Å². The molecule has 0 unspecified atom stereocenters. The number of hydrogen-bond donors (Lipinski definition) is 1. The largest absolute Gasteiger partial charge is 0.330 e. The van der Waals surface area contributed by atoms with E-state index >= 15 is 0 Å². The van der Waals surface area contributed by atoms with Crippen LogP contribution in [0.25, 0.3) is 10.9 Å². The first-order chi connectivity index (χ1) is 6.79. The molecule has 2 nitrogen and oxygen atoms in total. The highest BCUT2D eigenvalue weighted by atomic mass is 14.7. The average molecular weight is 182 g/mol. The van der Waals surface area contributed by atoms with E-state index in [4.69, 9.17) is 13.6 Å². The van der Waals surface area contributed by atoms with E-state index in [0.717, 1.165) is 28.5 Å². The molecule has 0 bridgehead atoms. The summed E-state index contributed by atoms with van der Waals surface area (Å²) in [6, 6.07) is 9.75. The first kappa shape index (κ1) is 9.22. The molecule has 2 aromatic rings. The third-order valence-corrected chi connectivity index (χ3v) is 2.17. The van der Waals surface area contributed by atoms with Gasteiger partial charge in [-0.1, -0.05) is 23.7 Å². The molecule has 1 aromatic carbocycles. The van der Waals surface area contributed by atoms with Crippen LogP contribution in [0.5, 0.6) is 0 Å². The lowest BCUT2D eigenvalue weighted by Gasteiger charge is -2.02. The van der Waals surface area contributed by atoms with Gasteiger partial charge in [0, 0.05) is 12.1 Å². The van der Waals surface area contributed by atoms with Crippen LogP contribution in [0.4, 0.5) is 0 Å². The zero-order chi connectivity index (χ0) is 9.97. The molecule has 0 spiro atoms. The molecule has 2 N–H and O–H groups in total. The molecule has 2 radical (unpaired) electrons. The molecule has 3 heteroatoms. The lowest BCUT2D eigenvalue weighted by molar-refractivity contribution is 0.932. The Morgan fingerprint density at radius 1 is 1.21 bits per heavy atom. The molecule has 0 saturated carbocycles. The van der Waals surface area contributed by atoms with E-state index in [-0.39, 0.29) is 0 Å². The molecule has 2 rings (SSSR count). The van der Waals surface area contributed by atoms with Gasteiger partial charge in [0.15, 0.2) is 0 Å². The maximum Gasteiger partial charge on any atom is 0.113 e. The third-order valence-electron chi connectivity index (χ3n) is 2.17. The minimum absolute atomic E-state index is 0.632. The molecule has 1 heterocycles. The third kappa shape index (κ3) is 1.78. The number of hydrogen-bond acceptors (Lipinski definition) is 2. The Bertz CT molecular complexity index is 454. The Kier molecular flexibility index (Phi) is 2.50. The van der Waals surface area contributed by atoms with E-state index < -0.39 is 0 Å². The van der Waals surface area contributed by atoms with E-state index in [1.165, 1.54) is 0 Å². The Morgan fingerprint density at radius 2 is 2.07 bits per heavy atom. The maximum atomic E-state index is 5.67. The number of aromatic nitrogens is 1. The average Bonchev–Trinajstić information content (AvgIpc) is 2.19. The van der Waals surface area contributed by atoms with Crippen LogP contribution in [0.2, 0.25) is 0 Å². The van der Waals surface area contributed by atoms with Crippen LogP contribution in [0.15, 0.2) is 30.3 Å². The second kappa shape index (κ2) is 3.80. The van der Waals surface area contributed by atoms with Gasteiger partial charge in [-0.3, -0.25) is 4.98 Å². The van der Waals surface area contributed by atoms with Crippen LogP contribution in [0.3, 0.4) is 0 Å². The Hall–Kier alpha value is -1.35. The van der Waals surface area contributed by atoms with Gasteiger partial charge >= 0.3 is 0 Å². The first-order valence-corrected chi connectivity index (χ1v) is 4.65. The molecule has 0 amide bonds. The smallest absolute Gasteiger partial charge is 0.113 e. The first-order valence-electron chi connectivity index (χ1n) is 4.65. The van der Waals surface area contributed by atoms with Gasteiger partial charge in [0.05, 0.1) is 5.52 Å². The monoisotopic (exact) mass is 182 g/mol. The second-order valence-corrected chi connectivity index (χ2v) is 3.29. The summed E-state index contributed by atoms with van der Waals surface area (Å²) in [5, 5.41) is 1.07. The van der Waals surface area contributed by atoms with Crippen molar-refractivity contribution in [3.05, 3.63) is 36.0 Å². The second-order valence-electron chi connectivity index (χ2n) is 3.29. The minimum Gasteiger partial charge on any atom is -0.330 e. The van der Waals surface area contributed by atoms with Crippen molar-refractivity contribution in [2.24, 2.45) is 5.73 Å². The number of fused-ring (bicyclic) bond motifs is 1. The zero-order valence-corrected chi connectivity index (χ0v) is 7.90. The van der Waals surface area contributed by atoms with Gasteiger partial charge in [-0.2, -0.15) is 0 Å². The summed E-state index contributed by atoms with van der Waals surface area (Å²) in [5.74, 6) is 0. The number of rotatable bonds is 2. The van der Waals surface area contributed by atoms with Gasteiger partial charge in [-0.05, 0) is 24.1 Å². The molecule has 0 atom stereocenters. The van der Waals surface area contributed by atoms with Crippen LogP contribution in [-0.4, -0.2) is 19.4 Å². The maximum absolute atomic E-state index is 5.67. The molecule has 0 fully saturated rings. The van der Waals surface area contributed by atoms with Crippen molar-refractivity contribution in [3.8, 4) is 0 Å². The highest BCUT2D eigenvalue weighted by Crippen LogP contribution is 2.10. The van der Waals surface area contributed by atoms with Crippen molar-refractivity contribution >= 4 is 24.2 Å². The van der Waals surface area contributed by atoms with Crippen molar-refractivity contribution in [1.29, 1.82) is 0 Å². The summed E-state index contributed by atoms with van der Waals surface area (Å²) in [7, 11) is 5.67. The van der Waals surface area contributed by atoms with Crippen molar-refractivity contribution in [1.82, 2.24) is 4.98 Å². The molecule has 68 valence electrons. The SMILES string of the molecule is [B]c1ccc2nc(CCN)ccc2c1. The molecular formula is C11H11BN2. The summed E-state index contributed by atoms with van der Waals surface area (Å²) in [5.41, 5.74) is 8.25. The predicted octanol–water partition coefficient (Wildman–Crippen LogP) is 0.530. The minimum atomic E-state index is 0.632. The van der Waals surface area contributed by atoms with Crippen LogP contribution in [0.1, 0.15) is 5.69 Å². The van der Waals surface area contributed by atoms with Gasteiger partial charge in [0.1, 0.15) is 7.85 Å². The van der Waals surface area contributed by atoms with Crippen LogP contribution >= 0.6 is 0 Å².